The number of halogens is 1. The Morgan fingerprint density at radius 2 is 1.83 bits per heavy atom. The Hall–Kier alpha value is -1.83. The number of nitrogens with zero attached hydrogens (tertiary/aromatic N) is 2. The predicted molar refractivity (Wildman–Crippen MR) is 89.6 cm³/mol. The van der Waals surface area contributed by atoms with Gasteiger partial charge in [-0.3, -0.25) is 4.79 Å². The monoisotopic (exact) mass is 368 g/mol. The van der Waals surface area contributed by atoms with E-state index >= 15 is 0 Å². The zero-order valence-corrected chi connectivity index (χ0v) is 14.7. The summed E-state index contributed by atoms with van der Waals surface area (Å²) in [5.74, 6) is 0.724. The van der Waals surface area contributed by atoms with Gasteiger partial charge >= 0.3 is 0 Å². The van der Waals surface area contributed by atoms with Crippen LogP contribution < -0.4 is 0 Å². The van der Waals surface area contributed by atoms with E-state index in [9.17, 15) is 13.2 Å². The van der Waals surface area contributed by atoms with Crippen LogP contribution >= 0.6 is 11.6 Å². The van der Waals surface area contributed by atoms with Crippen molar-refractivity contribution < 1.29 is 17.6 Å². The van der Waals surface area contributed by atoms with E-state index in [4.69, 9.17) is 16.0 Å². The van der Waals surface area contributed by atoms with E-state index < -0.39 is 10.0 Å². The summed E-state index contributed by atoms with van der Waals surface area (Å²) in [4.78, 5) is 14.1. The SMILES string of the molecule is Cc1ccc(C(=O)N2CCN(S(=O)(=O)c3cccc(Cl)c3)CC2)o1. The van der Waals surface area contributed by atoms with Gasteiger partial charge in [-0.2, -0.15) is 4.31 Å². The van der Waals surface area contributed by atoms with Gasteiger partial charge in [-0.25, -0.2) is 8.42 Å². The van der Waals surface area contributed by atoms with E-state index in [-0.39, 0.29) is 29.7 Å². The third-order valence-corrected chi connectivity index (χ3v) is 6.04. The Labute approximate surface area is 145 Å². The van der Waals surface area contributed by atoms with Crippen LogP contribution in [0.1, 0.15) is 16.3 Å². The van der Waals surface area contributed by atoms with Gasteiger partial charge in [0.25, 0.3) is 5.91 Å². The van der Waals surface area contributed by atoms with Gasteiger partial charge in [0.2, 0.25) is 10.0 Å². The van der Waals surface area contributed by atoms with Crippen LogP contribution in [0.15, 0.2) is 45.7 Å². The minimum Gasteiger partial charge on any atom is -0.456 e. The van der Waals surface area contributed by atoms with Crippen LogP contribution in [0, 0.1) is 6.92 Å². The molecule has 6 nitrogen and oxygen atoms in total. The molecule has 1 aliphatic heterocycles. The van der Waals surface area contributed by atoms with Crippen molar-refractivity contribution in [2.45, 2.75) is 11.8 Å². The number of aryl methyl sites for hydroxylation is 1. The summed E-state index contributed by atoms with van der Waals surface area (Å²) in [6.07, 6.45) is 0. The van der Waals surface area contributed by atoms with Gasteiger partial charge in [-0.05, 0) is 37.3 Å². The van der Waals surface area contributed by atoms with Gasteiger partial charge in [0, 0.05) is 31.2 Å². The van der Waals surface area contributed by atoms with Gasteiger partial charge in [0.1, 0.15) is 5.76 Å². The number of hydrogen-bond acceptors (Lipinski definition) is 4. The molecule has 8 heteroatoms. The van der Waals surface area contributed by atoms with Crippen LogP contribution in [-0.4, -0.2) is 49.7 Å². The lowest BCUT2D eigenvalue weighted by Crippen LogP contribution is -2.50. The van der Waals surface area contributed by atoms with Crippen molar-refractivity contribution in [1.82, 2.24) is 9.21 Å². The van der Waals surface area contributed by atoms with E-state index in [1.165, 1.54) is 16.4 Å². The van der Waals surface area contributed by atoms with Gasteiger partial charge in [0.05, 0.1) is 4.90 Å². The highest BCUT2D eigenvalue weighted by molar-refractivity contribution is 7.89. The lowest BCUT2D eigenvalue weighted by Gasteiger charge is -2.33. The molecule has 1 saturated heterocycles. The molecule has 128 valence electrons. The maximum Gasteiger partial charge on any atom is 0.289 e. The van der Waals surface area contributed by atoms with E-state index in [0.29, 0.717) is 23.9 Å². The van der Waals surface area contributed by atoms with Crippen molar-refractivity contribution in [1.29, 1.82) is 0 Å². The smallest absolute Gasteiger partial charge is 0.289 e. The van der Waals surface area contributed by atoms with Gasteiger partial charge in [-0.15, -0.1) is 0 Å². The molecular formula is C16H17ClN2O4S. The molecule has 1 aromatic carbocycles. The lowest BCUT2D eigenvalue weighted by atomic mass is 10.3. The highest BCUT2D eigenvalue weighted by Crippen LogP contribution is 2.21. The Bertz CT molecular complexity index is 854. The molecule has 0 atom stereocenters. The molecule has 0 aliphatic carbocycles. The second-order valence-corrected chi connectivity index (χ2v) is 7.94. The molecular weight excluding hydrogens is 352 g/mol. The normalized spacial score (nSPS) is 16.3. The Morgan fingerprint density at radius 3 is 2.42 bits per heavy atom. The minimum absolute atomic E-state index is 0.163. The average molecular weight is 369 g/mol. The minimum atomic E-state index is -3.61. The van der Waals surface area contributed by atoms with Gasteiger partial charge < -0.3 is 9.32 Å². The first kappa shape index (κ1) is 17.0. The number of carbonyl (C=O) groups is 1. The molecule has 2 heterocycles. The molecule has 0 N–H and O–H groups in total. The Morgan fingerprint density at radius 1 is 1.12 bits per heavy atom. The molecule has 0 radical (unpaired) electrons. The van der Waals surface area contributed by atoms with Crippen molar-refractivity contribution in [3.63, 3.8) is 0 Å². The first-order chi connectivity index (χ1) is 11.4. The van der Waals surface area contributed by atoms with E-state index in [1.807, 2.05) is 0 Å². The number of rotatable bonds is 3. The molecule has 1 aliphatic rings. The number of carbonyl (C=O) groups excluding carboxylic acids is 1. The average Bonchev–Trinajstić information content (AvgIpc) is 3.01. The maximum atomic E-state index is 12.6. The largest absolute Gasteiger partial charge is 0.456 e. The standard InChI is InChI=1S/C16H17ClN2O4S/c1-12-5-6-15(23-12)16(20)18-7-9-19(10-8-18)24(21,22)14-4-2-3-13(17)11-14/h2-6,11H,7-10H2,1H3. The fourth-order valence-electron chi connectivity index (χ4n) is 2.61. The zero-order valence-electron chi connectivity index (χ0n) is 13.1. The fourth-order valence-corrected chi connectivity index (χ4v) is 4.34. The molecule has 0 saturated carbocycles. The number of hydrogen-bond donors (Lipinski definition) is 0. The Kier molecular flexibility index (Phi) is 4.67. The number of piperazine rings is 1. The van der Waals surface area contributed by atoms with Crippen molar-refractivity contribution >= 4 is 27.5 Å². The lowest BCUT2D eigenvalue weighted by molar-refractivity contribution is 0.0664. The summed E-state index contributed by atoms with van der Waals surface area (Å²) in [5, 5.41) is 0.373. The highest BCUT2D eigenvalue weighted by Gasteiger charge is 2.31. The second-order valence-electron chi connectivity index (χ2n) is 5.56. The van der Waals surface area contributed by atoms with Crippen LogP contribution in [0.2, 0.25) is 5.02 Å². The maximum absolute atomic E-state index is 12.6. The van der Waals surface area contributed by atoms with Crippen molar-refractivity contribution in [2.24, 2.45) is 0 Å². The van der Waals surface area contributed by atoms with E-state index in [2.05, 4.69) is 0 Å². The van der Waals surface area contributed by atoms with Crippen LogP contribution in [-0.2, 0) is 10.0 Å². The van der Waals surface area contributed by atoms with Crippen LogP contribution in [0.5, 0.6) is 0 Å². The van der Waals surface area contributed by atoms with Crippen LogP contribution in [0.4, 0.5) is 0 Å². The molecule has 1 aromatic heterocycles. The third kappa shape index (κ3) is 3.33. The molecule has 1 amide bonds. The summed E-state index contributed by atoms with van der Waals surface area (Å²) in [5.41, 5.74) is 0. The number of furan rings is 1. The van der Waals surface area contributed by atoms with E-state index in [1.54, 1.807) is 36.1 Å². The number of amides is 1. The van der Waals surface area contributed by atoms with Crippen molar-refractivity contribution in [3.8, 4) is 0 Å². The molecule has 24 heavy (non-hydrogen) atoms. The molecule has 0 bridgehead atoms. The molecule has 2 aromatic rings. The van der Waals surface area contributed by atoms with E-state index in [0.717, 1.165) is 0 Å². The first-order valence-electron chi connectivity index (χ1n) is 7.49. The number of sulfonamides is 1. The quantitative estimate of drug-likeness (QED) is 0.834. The molecule has 1 fully saturated rings. The third-order valence-electron chi connectivity index (χ3n) is 3.91. The number of benzene rings is 1. The van der Waals surface area contributed by atoms with Gasteiger partial charge in [-0.1, -0.05) is 17.7 Å². The van der Waals surface area contributed by atoms with Crippen LogP contribution in [0.3, 0.4) is 0 Å². The summed E-state index contributed by atoms with van der Waals surface area (Å²) in [7, 11) is -3.61. The van der Waals surface area contributed by atoms with Crippen LogP contribution in [0.25, 0.3) is 0 Å². The highest BCUT2D eigenvalue weighted by atomic mass is 35.5. The van der Waals surface area contributed by atoms with Crippen molar-refractivity contribution in [3.05, 3.63) is 52.9 Å². The summed E-state index contributed by atoms with van der Waals surface area (Å²) >= 11 is 5.88. The summed E-state index contributed by atoms with van der Waals surface area (Å²) in [6, 6.07) is 9.54. The fraction of sp³-hybridized carbons (Fsp3) is 0.312. The van der Waals surface area contributed by atoms with Crippen molar-refractivity contribution in [2.75, 3.05) is 26.2 Å². The molecule has 3 rings (SSSR count). The predicted octanol–water partition coefficient (Wildman–Crippen LogP) is 2.39. The molecule has 0 unspecified atom stereocenters. The summed E-state index contributed by atoms with van der Waals surface area (Å²) < 4.78 is 32.0. The zero-order chi connectivity index (χ0) is 17.3. The summed E-state index contributed by atoms with van der Waals surface area (Å²) in [6.45, 7) is 2.88. The topological polar surface area (TPSA) is 70.8 Å². The van der Waals surface area contributed by atoms with Gasteiger partial charge in [0.15, 0.2) is 5.76 Å². The first-order valence-corrected chi connectivity index (χ1v) is 9.31. The Balaban J connectivity index is 1.69. The molecule has 0 spiro atoms. The second kappa shape index (κ2) is 6.58.